The Morgan fingerprint density at radius 1 is 1.24 bits per heavy atom. The maximum atomic E-state index is 13.4. The summed E-state index contributed by atoms with van der Waals surface area (Å²) in [6.07, 6.45) is 3.18. The first-order valence-corrected chi connectivity index (χ1v) is 10.8. The molecule has 1 saturated heterocycles. The fourth-order valence-electron chi connectivity index (χ4n) is 4.18. The second kappa shape index (κ2) is 10.2. The molecule has 1 aliphatic rings. The molecule has 2 amide bonds. The van der Waals surface area contributed by atoms with Gasteiger partial charge in [0.05, 0.1) is 19.1 Å². The number of rotatable bonds is 9. The van der Waals surface area contributed by atoms with Gasteiger partial charge >= 0.3 is 0 Å². The van der Waals surface area contributed by atoms with E-state index < -0.39 is 6.04 Å². The zero-order valence-electron chi connectivity index (χ0n) is 19.0. The number of benzene rings is 1. The molecule has 1 aromatic rings. The fraction of sp³-hybridized carbons (Fsp3) is 0.667. The first-order chi connectivity index (χ1) is 13.7. The van der Waals surface area contributed by atoms with E-state index in [4.69, 9.17) is 4.74 Å². The molecule has 3 atom stereocenters. The van der Waals surface area contributed by atoms with Gasteiger partial charge in [-0.3, -0.25) is 9.59 Å². The van der Waals surface area contributed by atoms with E-state index in [1.165, 1.54) is 0 Å². The minimum Gasteiger partial charge on any atom is -0.376 e. The van der Waals surface area contributed by atoms with Crippen LogP contribution in [0.25, 0.3) is 0 Å². The Labute approximate surface area is 176 Å². The van der Waals surface area contributed by atoms with E-state index in [9.17, 15) is 9.59 Å². The number of ether oxygens (including phenoxy) is 1. The van der Waals surface area contributed by atoms with E-state index in [0.29, 0.717) is 19.8 Å². The minimum atomic E-state index is -0.451. The van der Waals surface area contributed by atoms with E-state index in [2.05, 4.69) is 6.92 Å². The molecule has 1 heterocycles. The van der Waals surface area contributed by atoms with Crippen LogP contribution in [0, 0.1) is 17.3 Å². The average molecular weight is 403 g/mol. The van der Waals surface area contributed by atoms with E-state index in [0.717, 1.165) is 24.8 Å². The monoisotopic (exact) mass is 402 g/mol. The summed E-state index contributed by atoms with van der Waals surface area (Å²) >= 11 is 0. The highest BCUT2D eigenvalue weighted by molar-refractivity contribution is 5.90. The second-order valence-corrected chi connectivity index (χ2v) is 9.50. The Morgan fingerprint density at radius 3 is 2.45 bits per heavy atom. The first kappa shape index (κ1) is 23.4. The van der Waals surface area contributed by atoms with Crippen molar-refractivity contribution in [3.8, 4) is 0 Å². The number of carbonyl (C=O) groups excluding carboxylic acids is 2. The number of carbonyl (C=O) groups is 2. The van der Waals surface area contributed by atoms with Crippen LogP contribution in [0.4, 0.5) is 0 Å². The normalized spacial score (nSPS) is 20.8. The van der Waals surface area contributed by atoms with Crippen molar-refractivity contribution in [3.63, 3.8) is 0 Å². The second-order valence-electron chi connectivity index (χ2n) is 9.50. The maximum absolute atomic E-state index is 13.4. The molecule has 0 aromatic heterocycles. The number of hydrogen-bond acceptors (Lipinski definition) is 3. The lowest BCUT2D eigenvalue weighted by Crippen LogP contribution is -2.54. The van der Waals surface area contributed by atoms with Crippen molar-refractivity contribution in [1.29, 1.82) is 0 Å². The van der Waals surface area contributed by atoms with E-state index in [1.807, 2.05) is 56.0 Å². The van der Waals surface area contributed by atoms with Crippen molar-refractivity contribution < 1.29 is 14.3 Å². The molecule has 162 valence electrons. The SMILES string of the molecule is CCCC[C@H]1CN(C(C(=O)N(C)C)C(C)(C)C)C(=O)[C@@H]1COCc1ccccc1. The first-order valence-electron chi connectivity index (χ1n) is 10.8. The summed E-state index contributed by atoms with van der Waals surface area (Å²) < 4.78 is 5.96. The van der Waals surface area contributed by atoms with Gasteiger partial charge in [0.2, 0.25) is 11.8 Å². The molecular weight excluding hydrogens is 364 g/mol. The Morgan fingerprint density at radius 2 is 1.90 bits per heavy atom. The predicted molar refractivity (Wildman–Crippen MR) is 116 cm³/mol. The zero-order chi connectivity index (χ0) is 21.6. The van der Waals surface area contributed by atoms with Crippen molar-refractivity contribution in [2.24, 2.45) is 17.3 Å². The standard InChI is InChI=1S/C24H38N2O3/c1-7-8-14-19-15-26(21(24(2,3)4)23(28)25(5)6)22(27)20(19)17-29-16-18-12-10-9-11-13-18/h9-13,19-21H,7-8,14-17H2,1-6H3/t19-,20+,21?/m0/s1. The van der Waals surface area contributed by atoms with Gasteiger partial charge in [0, 0.05) is 20.6 Å². The van der Waals surface area contributed by atoms with Gasteiger partial charge in [0.25, 0.3) is 0 Å². The average Bonchev–Trinajstić information content (AvgIpc) is 2.95. The number of nitrogens with zero attached hydrogens (tertiary/aromatic N) is 2. The molecule has 5 nitrogen and oxygen atoms in total. The fourth-order valence-corrected chi connectivity index (χ4v) is 4.18. The lowest BCUT2D eigenvalue weighted by molar-refractivity contribution is -0.148. The summed E-state index contributed by atoms with van der Waals surface area (Å²) in [4.78, 5) is 29.8. The smallest absolute Gasteiger partial charge is 0.245 e. The zero-order valence-corrected chi connectivity index (χ0v) is 19.0. The number of unbranched alkanes of at least 4 members (excludes halogenated alkanes) is 1. The highest BCUT2D eigenvalue weighted by Gasteiger charge is 2.48. The predicted octanol–water partition coefficient (Wildman–Crippen LogP) is 3.97. The van der Waals surface area contributed by atoms with Crippen molar-refractivity contribution in [2.75, 3.05) is 27.2 Å². The number of hydrogen-bond donors (Lipinski definition) is 0. The van der Waals surface area contributed by atoms with Crippen LogP contribution >= 0.6 is 0 Å². The van der Waals surface area contributed by atoms with E-state index in [-0.39, 0.29) is 29.1 Å². The van der Waals surface area contributed by atoms with Crippen LogP contribution in [0.3, 0.4) is 0 Å². The number of likely N-dealkylation sites (N-methyl/N-ethyl adjacent to an activating group) is 1. The van der Waals surface area contributed by atoms with E-state index >= 15 is 0 Å². The molecule has 5 heteroatoms. The molecule has 0 N–H and O–H groups in total. The van der Waals surface area contributed by atoms with Gasteiger partial charge in [-0.05, 0) is 23.3 Å². The highest BCUT2D eigenvalue weighted by atomic mass is 16.5. The summed E-state index contributed by atoms with van der Waals surface area (Å²) in [7, 11) is 3.52. The van der Waals surface area contributed by atoms with Gasteiger partial charge in [-0.15, -0.1) is 0 Å². The van der Waals surface area contributed by atoms with Gasteiger partial charge in [-0.25, -0.2) is 0 Å². The van der Waals surface area contributed by atoms with Crippen LogP contribution in [-0.4, -0.2) is 54.9 Å². The third-order valence-corrected chi connectivity index (χ3v) is 5.74. The summed E-state index contributed by atoms with van der Waals surface area (Å²) in [6.45, 7) is 9.82. The van der Waals surface area contributed by atoms with Gasteiger partial charge in [0.15, 0.2) is 0 Å². The molecule has 29 heavy (non-hydrogen) atoms. The van der Waals surface area contributed by atoms with Crippen molar-refractivity contribution >= 4 is 11.8 Å². The summed E-state index contributed by atoms with van der Waals surface area (Å²) in [5.74, 6) is 0.114. The largest absolute Gasteiger partial charge is 0.376 e. The summed E-state index contributed by atoms with van der Waals surface area (Å²) in [5.41, 5.74) is 0.779. The molecule has 0 radical (unpaired) electrons. The molecule has 1 unspecified atom stereocenters. The van der Waals surface area contributed by atoms with Crippen LogP contribution < -0.4 is 0 Å². The van der Waals surface area contributed by atoms with Gasteiger partial charge in [-0.1, -0.05) is 70.9 Å². The Kier molecular flexibility index (Phi) is 8.26. The topological polar surface area (TPSA) is 49.9 Å². The maximum Gasteiger partial charge on any atom is 0.245 e. The molecule has 2 rings (SSSR count). The van der Waals surface area contributed by atoms with Gasteiger partial charge in [0.1, 0.15) is 6.04 Å². The van der Waals surface area contributed by atoms with Crippen LogP contribution in [0.15, 0.2) is 30.3 Å². The van der Waals surface area contributed by atoms with Crippen molar-refractivity contribution in [1.82, 2.24) is 9.80 Å². The molecule has 1 aromatic carbocycles. The molecule has 1 aliphatic heterocycles. The number of amides is 2. The van der Waals surface area contributed by atoms with Crippen LogP contribution in [-0.2, 0) is 20.9 Å². The Bertz CT molecular complexity index is 666. The minimum absolute atomic E-state index is 0.00838. The molecule has 0 aliphatic carbocycles. The quantitative estimate of drug-likeness (QED) is 0.628. The highest BCUT2D eigenvalue weighted by Crippen LogP contribution is 2.36. The third-order valence-electron chi connectivity index (χ3n) is 5.74. The Hall–Kier alpha value is -1.88. The van der Waals surface area contributed by atoms with Gasteiger partial charge < -0.3 is 14.5 Å². The van der Waals surface area contributed by atoms with Gasteiger partial charge in [-0.2, -0.15) is 0 Å². The molecule has 1 fully saturated rings. The van der Waals surface area contributed by atoms with E-state index in [1.54, 1.807) is 19.0 Å². The molecule has 0 saturated carbocycles. The van der Waals surface area contributed by atoms with Crippen molar-refractivity contribution in [3.05, 3.63) is 35.9 Å². The molecule has 0 bridgehead atoms. The Balaban J connectivity index is 2.16. The van der Waals surface area contributed by atoms with Crippen LogP contribution in [0.2, 0.25) is 0 Å². The van der Waals surface area contributed by atoms with Crippen LogP contribution in [0.5, 0.6) is 0 Å². The molecular formula is C24H38N2O3. The lowest BCUT2D eigenvalue weighted by atomic mass is 9.84. The lowest BCUT2D eigenvalue weighted by Gasteiger charge is -2.38. The van der Waals surface area contributed by atoms with Crippen LogP contribution in [0.1, 0.15) is 52.5 Å². The summed E-state index contributed by atoms with van der Waals surface area (Å²) in [6, 6.07) is 9.58. The van der Waals surface area contributed by atoms with Crippen molar-refractivity contribution in [2.45, 2.75) is 59.6 Å². The summed E-state index contributed by atoms with van der Waals surface area (Å²) in [5, 5.41) is 0. The number of likely N-dealkylation sites (tertiary alicyclic amines) is 1. The third kappa shape index (κ3) is 6.05. The molecule has 0 spiro atoms.